The normalized spacial score (nSPS) is 31.7. The summed E-state index contributed by atoms with van der Waals surface area (Å²) in [5, 5.41) is 3.46. The summed E-state index contributed by atoms with van der Waals surface area (Å²) in [5.41, 5.74) is 0. The standard InChI is InChI=1S/C13H27N3/c1-15(2)11-13-4-3-8-16(13)9-6-12-5-7-14-10-12/h12-14H,3-11H2,1-2H3. The monoisotopic (exact) mass is 225 g/mol. The van der Waals surface area contributed by atoms with Crippen molar-refractivity contribution < 1.29 is 0 Å². The van der Waals surface area contributed by atoms with Gasteiger partial charge in [0.25, 0.3) is 0 Å². The quantitative estimate of drug-likeness (QED) is 0.753. The molecule has 3 nitrogen and oxygen atoms in total. The van der Waals surface area contributed by atoms with Crippen molar-refractivity contribution in [3.8, 4) is 0 Å². The molecule has 0 amide bonds. The zero-order valence-corrected chi connectivity index (χ0v) is 10.9. The van der Waals surface area contributed by atoms with Crippen LogP contribution in [0.5, 0.6) is 0 Å². The highest BCUT2D eigenvalue weighted by Gasteiger charge is 2.25. The Labute approximate surface area is 100 Å². The average molecular weight is 225 g/mol. The lowest BCUT2D eigenvalue weighted by Gasteiger charge is -2.27. The minimum Gasteiger partial charge on any atom is -0.316 e. The van der Waals surface area contributed by atoms with E-state index in [0.717, 1.165) is 12.0 Å². The molecule has 2 aliphatic heterocycles. The van der Waals surface area contributed by atoms with Crippen molar-refractivity contribution in [2.24, 2.45) is 5.92 Å². The first kappa shape index (κ1) is 12.3. The molecule has 0 saturated carbocycles. The lowest BCUT2D eigenvalue weighted by Crippen LogP contribution is -2.38. The molecule has 2 fully saturated rings. The Bertz CT molecular complexity index is 199. The van der Waals surface area contributed by atoms with E-state index in [1.54, 1.807) is 0 Å². The van der Waals surface area contributed by atoms with E-state index in [9.17, 15) is 0 Å². The molecule has 2 saturated heterocycles. The summed E-state index contributed by atoms with van der Waals surface area (Å²) in [6.07, 6.45) is 5.60. The van der Waals surface area contributed by atoms with E-state index in [1.165, 1.54) is 58.4 Å². The van der Waals surface area contributed by atoms with Gasteiger partial charge in [0.15, 0.2) is 0 Å². The molecule has 0 spiro atoms. The first-order chi connectivity index (χ1) is 7.75. The van der Waals surface area contributed by atoms with Crippen LogP contribution in [0.2, 0.25) is 0 Å². The first-order valence-electron chi connectivity index (χ1n) is 6.85. The molecule has 0 bridgehead atoms. The molecule has 2 aliphatic rings. The van der Waals surface area contributed by atoms with Gasteiger partial charge < -0.3 is 10.2 Å². The molecule has 0 radical (unpaired) electrons. The van der Waals surface area contributed by atoms with Crippen molar-refractivity contribution in [2.75, 3.05) is 46.8 Å². The molecule has 3 heteroatoms. The molecule has 94 valence electrons. The SMILES string of the molecule is CN(C)CC1CCCN1CCC1CCNC1. The summed E-state index contributed by atoms with van der Waals surface area (Å²) in [6, 6.07) is 0.823. The third kappa shape index (κ3) is 3.44. The lowest BCUT2D eigenvalue weighted by atomic mass is 10.0. The van der Waals surface area contributed by atoms with Gasteiger partial charge in [-0.15, -0.1) is 0 Å². The van der Waals surface area contributed by atoms with Crippen molar-refractivity contribution in [3.63, 3.8) is 0 Å². The largest absolute Gasteiger partial charge is 0.316 e. The Balaban J connectivity index is 1.70. The Morgan fingerprint density at radius 2 is 2.19 bits per heavy atom. The summed E-state index contributed by atoms with van der Waals surface area (Å²) < 4.78 is 0. The van der Waals surface area contributed by atoms with Gasteiger partial charge in [0.2, 0.25) is 0 Å². The highest BCUT2D eigenvalue weighted by atomic mass is 15.2. The maximum absolute atomic E-state index is 3.46. The summed E-state index contributed by atoms with van der Waals surface area (Å²) in [4.78, 5) is 5.05. The van der Waals surface area contributed by atoms with Crippen molar-refractivity contribution in [3.05, 3.63) is 0 Å². The molecule has 2 heterocycles. The zero-order chi connectivity index (χ0) is 11.4. The molecule has 0 aromatic carbocycles. The molecule has 2 atom stereocenters. The van der Waals surface area contributed by atoms with Gasteiger partial charge in [-0.2, -0.15) is 0 Å². The number of nitrogens with one attached hydrogen (secondary N) is 1. The highest BCUT2D eigenvalue weighted by molar-refractivity contribution is 4.82. The third-order valence-electron chi connectivity index (χ3n) is 4.06. The molecule has 16 heavy (non-hydrogen) atoms. The summed E-state index contributed by atoms with van der Waals surface area (Å²) >= 11 is 0. The molecule has 0 aromatic rings. The van der Waals surface area contributed by atoms with Crippen molar-refractivity contribution >= 4 is 0 Å². The molecule has 2 rings (SSSR count). The number of likely N-dealkylation sites (tertiary alicyclic amines) is 1. The second-order valence-corrected chi connectivity index (χ2v) is 5.74. The summed E-state index contributed by atoms with van der Waals surface area (Å²) in [7, 11) is 4.38. The van der Waals surface area contributed by atoms with Gasteiger partial charge in [-0.05, 0) is 71.9 Å². The molecule has 0 aromatic heterocycles. The highest BCUT2D eigenvalue weighted by Crippen LogP contribution is 2.20. The van der Waals surface area contributed by atoms with Gasteiger partial charge in [-0.25, -0.2) is 0 Å². The van der Waals surface area contributed by atoms with Crippen LogP contribution in [0.1, 0.15) is 25.7 Å². The topological polar surface area (TPSA) is 18.5 Å². The number of likely N-dealkylation sites (N-methyl/N-ethyl adjacent to an activating group) is 1. The summed E-state index contributed by atoms with van der Waals surface area (Å²) in [6.45, 7) is 6.39. The van der Waals surface area contributed by atoms with Crippen LogP contribution in [-0.4, -0.2) is 62.7 Å². The van der Waals surface area contributed by atoms with Gasteiger partial charge in [0, 0.05) is 12.6 Å². The lowest BCUT2D eigenvalue weighted by molar-refractivity contribution is 0.197. The number of hydrogen-bond donors (Lipinski definition) is 1. The predicted molar refractivity (Wildman–Crippen MR) is 68.7 cm³/mol. The number of hydrogen-bond acceptors (Lipinski definition) is 3. The number of nitrogens with zero attached hydrogens (tertiary/aromatic N) is 2. The van der Waals surface area contributed by atoms with E-state index in [-0.39, 0.29) is 0 Å². The Morgan fingerprint density at radius 3 is 2.88 bits per heavy atom. The van der Waals surface area contributed by atoms with Gasteiger partial charge in [-0.1, -0.05) is 0 Å². The minimum absolute atomic E-state index is 0.823. The van der Waals surface area contributed by atoms with Crippen molar-refractivity contribution in [1.82, 2.24) is 15.1 Å². The average Bonchev–Trinajstić information content (AvgIpc) is 2.84. The Kier molecular flexibility index (Phi) is 4.62. The van der Waals surface area contributed by atoms with E-state index in [1.807, 2.05) is 0 Å². The minimum atomic E-state index is 0.823. The van der Waals surface area contributed by atoms with Crippen LogP contribution in [0, 0.1) is 5.92 Å². The van der Waals surface area contributed by atoms with Crippen molar-refractivity contribution in [2.45, 2.75) is 31.7 Å². The second kappa shape index (κ2) is 5.99. The van der Waals surface area contributed by atoms with Gasteiger partial charge in [-0.3, -0.25) is 4.90 Å². The van der Waals surface area contributed by atoms with Crippen molar-refractivity contribution in [1.29, 1.82) is 0 Å². The smallest absolute Gasteiger partial charge is 0.0223 e. The van der Waals surface area contributed by atoms with Gasteiger partial charge in [0.05, 0.1) is 0 Å². The fraction of sp³-hybridized carbons (Fsp3) is 1.00. The maximum Gasteiger partial charge on any atom is 0.0223 e. The fourth-order valence-corrected chi connectivity index (χ4v) is 3.13. The predicted octanol–water partition coefficient (Wildman–Crippen LogP) is 1.01. The maximum atomic E-state index is 3.46. The Morgan fingerprint density at radius 1 is 1.31 bits per heavy atom. The van der Waals surface area contributed by atoms with Gasteiger partial charge in [0.1, 0.15) is 0 Å². The van der Waals surface area contributed by atoms with Crippen LogP contribution < -0.4 is 5.32 Å². The Hall–Kier alpha value is -0.120. The molecule has 2 unspecified atom stereocenters. The van der Waals surface area contributed by atoms with E-state index >= 15 is 0 Å². The van der Waals surface area contributed by atoms with Crippen LogP contribution in [-0.2, 0) is 0 Å². The molecule has 0 aliphatic carbocycles. The molecular weight excluding hydrogens is 198 g/mol. The second-order valence-electron chi connectivity index (χ2n) is 5.74. The van der Waals surface area contributed by atoms with Gasteiger partial charge >= 0.3 is 0 Å². The van der Waals surface area contributed by atoms with E-state index in [2.05, 4.69) is 29.2 Å². The van der Waals surface area contributed by atoms with Crippen LogP contribution in [0.15, 0.2) is 0 Å². The first-order valence-corrected chi connectivity index (χ1v) is 6.85. The van der Waals surface area contributed by atoms with E-state index in [4.69, 9.17) is 0 Å². The van der Waals surface area contributed by atoms with E-state index in [0.29, 0.717) is 0 Å². The van der Waals surface area contributed by atoms with E-state index < -0.39 is 0 Å². The van der Waals surface area contributed by atoms with Crippen LogP contribution in [0.3, 0.4) is 0 Å². The third-order valence-corrected chi connectivity index (χ3v) is 4.06. The zero-order valence-electron chi connectivity index (χ0n) is 10.9. The van der Waals surface area contributed by atoms with Crippen LogP contribution in [0.25, 0.3) is 0 Å². The number of rotatable bonds is 5. The molecule has 1 N–H and O–H groups in total. The summed E-state index contributed by atoms with van der Waals surface area (Å²) in [5.74, 6) is 0.945. The fourth-order valence-electron chi connectivity index (χ4n) is 3.13. The van der Waals surface area contributed by atoms with Crippen LogP contribution in [0.4, 0.5) is 0 Å². The van der Waals surface area contributed by atoms with Crippen LogP contribution >= 0.6 is 0 Å². The molecular formula is C13H27N3.